The van der Waals surface area contributed by atoms with Crippen molar-refractivity contribution in [2.45, 2.75) is 6.92 Å². The smallest absolute Gasteiger partial charge is 0.336 e. The van der Waals surface area contributed by atoms with Gasteiger partial charge in [-0.1, -0.05) is 6.07 Å². The first kappa shape index (κ1) is 12.5. The average Bonchev–Trinajstić information content (AvgIpc) is 2.34. The minimum atomic E-state index is -0.986. The molecule has 2 rings (SSSR count). The summed E-state index contributed by atoms with van der Waals surface area (Å²) in [5, 5.41) is 9.02. The standard InChI is InChI=1S/C12H9BrN2O3/c1-7-8(12(16)17)3-2-4-10(7)18-11-9(13)5-14-6-15-11/h2-6H,1H3,(H,16,17). The second-order valence-electron chi connectivity index (χ2n) is 3.51. The normalized spacial score (nSPS) is 10.1. The van der Waals surface area contributed by atoms with Crippen LogP contribution >= 0.6 is 15.9 Å². The summed E-state index contributed by atoms with van der Waals surface area (Å²) < 4.78 is 6.17. The van der Waals surface area contributed by atoms with Gasteiger partial charge in [0, 0.05) is 11.8 Å². The predicted molar refractivity (Wildman–Crippen MR) is 67.9 cm³/mol. The number of nitrogens with zero attached hydrogens (tertiary/aromatic N) is 2. The number of aromatic nitrogens is 2. The van der Waals surface area contributed by atoms with Crippen molar-refractivity contribution in [1.29, 1.82) is 0 Å². The summed E-state index contributed by atoms with van der Waals surface area (Å²) in [4.78, 5) is 18.8. The molecule has 0 saturated carbocycles. The van der Waals surface area contributed by atoms with E-state index in [-0.39, 0.29) is 5.56 Å². The van der Waals surface area contributed by atoms with Crippen molar-refractivity contribution >= 4 is 21.9 Å². The van der Waals surface area contributed by atoms with Gasteiger partial charge < -0.3 is 9.84 Å². The zero-order chi connectivity index (χ0) is 13.1. The van der Waals surface area contributed by atoms with E-state index >= 15 is 0 Å². The van der Waals surface area contributed by atoms with Gasteiger partial charge in [0.25, 0.3) is 0 Å². The van der Waals surface area contributed by atoms with E-state index in [1.807, 2.05) is 0 Å². The maximum atomic E-state index is 11.0. The summed E-state index contributed by atoms with van der Waals surface area (Å²) in [6.07, 6.45) is 2.91. The molecule has 0 radical (unpaired) electrons. The lowest BCUT2D eigenvalue weighted by Crippen LogP contribution is -2.01. The predicted octanol–water partition coefficient (Wildman–Crippen LogP) is 3.04. The second kappa shape index (κ2) is 5.14. The lowest BCUT2D eigenvalue weighted by Gasteiger charge is -2.10. The topological polar surface area (TPSA) is 72.3 Å². The molecule has 2 aromatic rings. The molecule has 1 aromatic carbocycles. The fraction of sp³-hybridized carbons (Fsp3) is 0.0833. The van der Waals surface area contributed by atoms with Crippen molar-refractivity contribution in [2.75, 3.05) is 0 Å². The molecule has 6 heteroatoms. The van der Waals surface area contributed by atoms with Crippen LogP contribution in [0.2, 0.25) is 0 Å². The van der Waals surface area contributed by atoms with Crippen molar-refractivity contribution in [2.24, 2.45) is 0 Å². The maximum absolute atomic E-state index is 11.0. The Hall–Kier alpha value is -1.95. The number of halogens is 1. The summed E-state index contributed by atoms with van der Waals surface area (Å²) in [5.74, 6) is -0.190. The monoisotopic (exact) mass is 308 g/mol. The van der Waals surface area contributed by atoms with Crippen LogP contribution in [0.5, 0.6) is 11.6 Å². The van der Waals surface area contributed by atoms with Crippen molar-refractivity contribution in [3.05, 3.63) is 46.3 Å². The Kier molecular flexibility index (Phi) is 3.57. The molecule has 0 fully saturated rings. The summed E-state index contributed by atoms with van der Waals surface area (Å²) in [6, 6.07) is 4.84. The van der Waals surface area contributed by atoms with Crippen molar-refractivity contribution in [3.8, 4) is 11.6 Å². The molecule has 0 spiro atoms. The molecule has 18 heavy (non-hydrogen) atoms. The zero-order valence-electron chi connectivity index (χ0n) is 9.42. The lowest BCUT2D eigenvalue weighted by atomic mass is 10.1. The molecule has 0 unspecified atom stereocenters. The van der Waals surface area contributed by atoms with Crippen LogP contribution in [0.1, 0.15) is 15.9 Å². The third kappa shape index (κ3) is 2.48. The fourth-order valence-corrected chi connectivity index (χ4v) is 1.74. The molecule has 92 valence electrons. The highest BCUT2D eigenvalue weighted by Gasteiger charge is 2.12. The number of carbonyl (C=O) groups is 1. The molecule has 0 aliphatic rings. The molecule has 1 heterocycles. The number of rotatable bonds is 3. The van der Waals surface area contributed by atoms with Crippen molar-refractivity contribution in [1.82, 2.24) is 9.97 Å². The van der Waals surface area contributed by atoms with Crippen LogP contribution in [0.4, 0.5) is 0 Å². The molecule has 0 aliphatic carbocycles. The minimum Gasteiger partial charge on any atom is -0.478 e. The molecule has 0 aliphatic heterocycles. The first-order valence-corrected chi connectivity index (χ1v) is 5.85. The van der Waals surface area contributed by atoms with Gasteiger partial charge in [-0.3, -0.25) is 0 Å². The SMILES string of the molecule is Cc1c(Oc2ncncc2Br)cccc1C(=O)O. The first-order valence-electron chi connectivity index (χ1n) is 5.06. The van der Waals surface area contributed by atoms with E-state index in [4.69, 9.17) is 9.84 Å². The van der Waals surface area contributed by atoms with E-state index in [0.29, 0.717) is 21.7 Å². The molecule has 0 amide bonds. The summed E-state index contributed by atoms with van der Waals surface area (Å²) >= 11 is 3.26. The Morgan fingerprint density at radius 2 is 2.22 bits per heavy atom. The maximum Gasteiger partial charge on any atom is 0.336 e. The van der Waals surface area contributed by atoms with Gasteiger partial charge in [0.15, 0.2) is 0 Å². The van der Waals surface area contributed by atoms with Gasteiger partial charge >= 0.3 is 5.97 Å². The Morgan fingerprint density at radius 3 is 2.89 bits per heavy atom. The minimum absolute atomic E-state index is 0.206. The van der Waals surface area contributed by atoms with Gasteiger partial charge in [-0.25, -0.2) is 14.8 Å². The molecular formula is C12H9BrN2O3. The number of benzene rings is 1. The van der Waals surface area contributed by atoms with Crippen molar-refractivity contribution < 1.29 is 14.6 Å². The number of hydrogen-bond acceptors (Lipinski definition) is 4. The summed E-state index contributed by atoms with van der Waals surface area (Å²) in [5.41, 5.74) is 0.758. The second-order valence-corrected chi connectivity index (χ2v) is 4.37. The Bertz CT molecular complexity index is 602. The van der Waals surface area contributed by atoms with Crippen molar-refractivity contribution in [3.63, 3.8) is 0 Å². The molecule has 0 saturated heterocycles. The zero-order valence-corrected chi connectivity index (χ0v) is 11.0. The summed E-state index contributed by atoms with van der Waals surface area (Å²) in [7, 11) is 0. The van der Waals surface area contributed by atoms with Crippen LogP contribution in [0.15, 0.2) is 35.2 Å². The Labute approximate surface area is 112 Å². The van der Waals surface area contributed by atoms with Gasteiger partial charge in [-0.05, 0) is 35.0 Å². The highest BCUT2D eigenvalue weighted by atomic mass is 79.9. The molecular weight excluding hydrogens is 300 g/mol. The first-order chi connectivity index (χ1) is 8.59. The lowest BCUT2D eigenvalue weighted by molar-refractivity contribution is 0.0695. The Balaban J connectivity index is 2.39. The van der Waals surface area contributed by atoms with Crippen LogP contribution in [0, 0.1) is 6.92 Å². The van der Waals surface area contributed by atoms with Gasteiger partial charge in [-0.2, -0.15) is 0 Å². The van der Waals surface area contributed by atoms with Crippen LogP contribution in [0.3, 0.4) is 0 Å². The third-order valence-electron chi connectivity index (χ3n) is 2.35. The van der Waals surface area contributed by atoms with E-state index in [1.165, 1.54) is 12.4 Å². The summed E-state index contributed by atoms with van der Waals surface area (Å²) in [6.45, 7) is 1.69. The van der Waals surface area contributed by atoms with E-state index in [2.05, 4.69) is 25.9 Å². The quantitative estimate of drug-likeness (QED) is 0.943. The van der Waals surface area contributed by atoms with Crippen LogP contribution < -0.4 is 4.74 Å². The number of aromatic carboxylic acids is 1. The third-order valence-corrected chi connectivity index (χ3v) is 2.90. The molecule has 5 nitrogen and oxygen atoms in total. The molecule has 1 N–H and O–H groups in total. The van der Waals surface area contributed by atoms with Gasteiger partial charge in [0.2, 0.25) is 5.88 Å². The highest BCUT2D eigenvalue weighted by molar-refractivity contribution is 9.10. The largest absolute Gasteiger partial charge is 0.478 e. The van der Waals surface area contributed by atoms with Crippen LogP contribution in [0.25, 0.3) is 0 Å². The number of ether oxygens (including phenoxy) is 1. The van der Waals surface area contributed by atoms with E-state index < -0.39 is 5.97 Å². The van der Waals surface area contributed by atoms with E-state index in [1.54, 1.807) is 25.3 Å². The van der Waals surface area contributed by atoms with E-state index in [0.717, 1.165) is 0 Å². The molecule has 0 atom stereocenters. The van der Waals surface area contributed by atoms with Gasteiger partial charge in [0.05, 0.1) is 10.0 Å². The van der Waals surface area contributed by atoms with E-state index in [9.17, 15) is 4.79 Å². The van der Waals surface area contributed by atoms with Gasteiger partial charge in [0.1, 0.15) is 12.1 Å². The molecule has 0 bridgehead atoms. The Morgan fingerprint density at radius 1 is 1.44 bits per heavy atom. The number of carboxylic acid groups (broad SMARTS) is 1. The average molecular weight is 309 g/mol. The number of hydrogen-bond donors (Lipinski definition) is 1. The van der Waals surface area contributed by atoms with Gasteiger partial charge in [-0.15, -0.1) is 0 Å². The highest BCUT2D eigenvalue weighted by Crippen LogP contribution is 2.29. The van der Waals surface area contributed by atoms with Crippen LogP contribution in [-0.4, -0.2) is 21.0 Å². The fourth-order valence-electron chi connectivity index (χ4n) is 1.44. The van der Waals surface area contributed by atoms with Crippen LogP contribution in [-0.2, 0) is 0 Å². The number of carboxylic acids is 1. The molecule has 1 aromatic heterocycles.